The van der Waals surface area contributed by atoms with Crippen LogP contribution in [0.25, 0.3) is 11.5 Å². The van der Waals surface area contributed by atoms with Crippen LogP contribution in [0.5, 0.6) is 0 Å². The van der Waals surface area contributed by atoms with Crippen molar-refractivity contribution in [1.82, 2.24) is 35.3 Å². The summed E-state index contributed by atoms with van der Waals surface area (Å²) in [6.45, 7) is 4.73. The number of hydrogen-bond acceptors (Lipinski definition) is 11. The van der Waals surface area contributed by atoms with Gasteiger partial charge in [-0.05, 0) is 63.4 Å². The second kappa shape index (κ2) is 18.6. The summed E-state index contributed by atoms with van der Waals surface area (Å²) in [4.78, 5) is 93.5. The lowest BCUT2D eigenvalue weighted by Gasteiger charge is -2.27. The fraction of sp³-hybridized carbons (Fsp3) is 0.350. The van der Waals surface area contributed by atoms with Crippen molar-refractivity contribution in [2.75, 3.05) is 29.0 Å². The highest BCUT2D eigenvalue weighted by Crippen LogP contribution is 2.32. The number of aromatic nitrogens is 4. The number of benzene rings is 2. The predicted molar refractivity (Wildman–Crippen MR) is 209 cm³/mol. The van der Waals surface area contributed by atoms with Crippen LogP contribution in [-0.2, 0) is 19.2 Å². The Bertz CT molecular complexity index is 2310. The van der Waals surface area contributed by atoms with Crippen molar-refractivity contribution >= 4 is 58.5 Å². The minimum atomic E-state index is -1.15. The number of hydrogen-bond donors (Lipinski definition) is 5. The first-order valence-corrected chi connectivity index (χ1v) is 19.1. The SMILES string of the molecule is CC(C)n1cnnc1-c1cccc(NC(=O)c2cc(NC(=O)CCC(=O)NCCCCCCNc3cccc4c3C(=O)N(C3CCC(=O)NC3=O)C4=O)c(F)cc2F)n1. The lowest BCUT2D eigenvalue weighted by Crippen LogP contribution is -2.54. The Hall–Kier alpha value is -6.92. The third-order valence-electron chi connectivity index (χ3n) is 9.71. The van der Waals surface area contributed by atoms with Crippen LogP contribution in [0.15, 0.2) is 54.9 Å². The van der Waals surface area contributed by atoms with E-state index in [1.165, 1.54) is 12.1 Å². The number of unbranched alkanes of at least 4 members (excludes halogenated alkanes) is 3. The number of fused-ring (bicyclic) bond motifs is 1. The van der Waals surface area contributed by atoms with Gasteiger partial charge in [-0.15, -0.1) is 10.2 Å². The maximum absolute atomic E-state index is 14.7. The number of halogens is 2. The summed E-state index contributed by atoms with van der Waals surface area (Å²) in [6.07, 6.45) is 4.07. The number of piperidine rings is 1. The Morgan fingerprint density at radius 2 is 1.61 bits per heavy atom. The molecule has 6 rings (SSSR count). The van der Waals surface area contributed by atoms with Crippen molar-refractivity contribution < 1.29 is 42.3 Å². The molecule has 2 aromatic carbocycles. The summed E-state index contributed by atoms with van der Waals surface area (Å²) in [5, 5.41) is 20.9. The summed E-state index contributed by atoms with van der Waals surface area (Å²) < 4.78 is 31.1. The first kappa shape index (κ1) is 41.7. The lowest BCUT2D eigenvalue weighted by molar-refractivity contribution is -0.136. The molecule has 59 heavy (non-hydrogen) atoms. The van der Waals surface area contributed by atoms with Crippen molar-refractivity contribution in [1.29, 1.82) is 0 Å². The molecule has 2 aliphatic heterocycles. The number of nitrogens with one attached hydrogen (secondary N) is 5. The van der Waals surface area contributed by atoms with E-state index >= 15 is 0 Å². The molecule has 1 unspecified atom stereocenters. The molecule has 0 bridgehead atoms. The van der Waals surface area contributed by atoms with Crippen molar-refractivity contribution in [3.63, 3.8) is 0 Å². The van der Waals surface area contributed by atoms with Crippen LogP contribution in [0.1, 0.15) is 102 Å². The molecule has 1 fully saturated rings. The average molecular weight is 813 g/mol. The van der Waals surface area contributed by atoms with Gasteiger partial charge < -0.3 is 25.8 Å². The molecule has 2 aromatic heterocycles. The maximum Gasteiger partial charge on any atom is 0.264 e. The second-order valence-corrected chi connectivity index (χ2v) is 14.2. The van der Waals surface area contributed by atoms with Crippen molar-refractivity contribution in [3.05, 3.63) is 83.2 Å². The molecule has 19 heteroatoms. The van der Waals surface area contributed by atoms with E-state index in [1.54, 1.807) is 35.2 Å². The number of nitrogens with zero attached hydrogens (tertiary/aromatic N) is 5. The van der Waals surface area contributed by atoms with Gasteiger partial charge in [-0.25, -0.2) is 13.8 Å². The molecule has 0 aliphatic carbocycles. The normalized spacial score (nSPS) is 14.9. The molecular weight excluding hydrogens is 770 g/mol. The number of carbonyl (C=O) groups excluding carboxylic acids is 7. The van der Waals surface area contributed by atoms with Crippen molar-refractivity contribution in [2.24, 2.45) is 0 Å². The second-order valence-electron chi connectivity index (χ2n) is 14.2. The topological polar surface area (TPSA) is 226 Å². The molecule has 7 amide bonds. The van der Waals surface area contributed by atoms with Crippen LogP contribution in [0.4, 0.5) is 26.0 Å². The maximum atomic E-state index is 14.7. The zero-order valence-electron chi connectivity index (χ0n) is 32.3. The number of carbonyl (C=O) groups is 7. The quantitative estimate of drug-likeness (QED) is 0.0744. The largest absolute Gasteiger partial charge is 0.384 e. The van der Waals surface area contributed by atoms with E-state index in [0.717, 1.165) is 23.8 Å². The highest BCUT2D eigenvalue weighted by Gasteiger charge is 2.45. The third-order valence-corrected chi connectivity index (χ3v) is 9.71. The monoisotopic (exact) mass is 812 g/mol. The van der Waals surface area contributed by atoms with Gasteiger partial charge in [0.25, 0.3) is 17.7 Å². The number of pyridine rings is 1. The summed E-state index contributed by atoms with van der Waals surface area (Å²) in [5.41, 5.74) is 0.285. The van der Waals surface area contributed by atoms with Gasteiger partial charge in [-0.3, -0.25) is 43.8 Å². The number of anilines is 3. The lowest BCUT2D eigenvalue weighted by atomic mass is 10.0. The molecule has 0 spiro atoms. The van der Waals surface area contributed by atoms with Gasteiger partial charge in [0.05, 0.1) is 22.4 Å². The van der Waals surface area contributed by atoms with E-state index in [-0.39, 0.29) is 48.7 Å². The average Bonchev–Trinajstić information content (AvgIpc) is 3.80. The minimum Gasteiger partial charge on any atom is -0.384 e. The van der Waals surface area contributed by atoms with Crippen molar-refractivity contribution in [2.45, 2.75) is 77.3 Å². The number of amides is 7. The molecule has 5 N–H and O–H groups in total. The Kier molecular flexibility index (Phi) is 13.1. The summed E-state index contributed by atoms with van der Waals surface area (Å²) in [6, 6.07) is 9.99. The van der Waals surface area contributed by atoms with Gasteiger partial charge in [0.1, 0.15) is 35.5 Å². The van der Waals surface area contributed by atoms with Crippen LogP contribution >= 0.6 is 0 Å². The first-order valence-electron chi connectivity index (χ1n) is 19.1. The van der Waals surface area contributed by atoms with E-state index in [2.05, 4.69) is 41.8 Å². The Morgan fingerprint density at radius 1 is 0.864 bits per heavy atom. The highest BCUT2D eigenvalue weighted by atomic mass is 19.1. The Morgan fingerprint density at radius 3 is 2.37 bits per heavy atom. The van der Waals surface area contributed by atoms with Gasteiger partial charge in [0.15, 0.2) is 5.82 Å². The van der Waals surface area contributed by atoms with Crippen molar-refractivity contribution in [3.8, 4) is 11.5 Å². The van der Waals surface area contributed by atoms with E-state index in [1.807, 2.05) is 13.8 Å². The Balaban J connectivity index is 0.893. The number of imide groups is 2. The van der Waals surface area contributed by atoms with Gasteiger partial charge >= 0.3 is 0 Å². The van der Waals surface area contributed by atoms with Gasteiger partial charge in [0.2, 0.25) is 23.6 Å². The van der Waals surface area contributed by atoms with E-state index < -0.39 is 70.3 Å². The first-order chi connectivity index (χ1) is 28.3. The molecule has 4 heterocycles. The van der Waals surface area contributed by atoms with Crippen LogP contribution in [0.2, 0.25) is 0 Å². The predicted octanol–water partition coefficient (Wildman–Crippen LogP) is 4.36. The Labute approximate surface area is 336 Å². The van der Waals surface area contributed by atoms with Gasteiger partial charge in [-0.1, -0.05) is 25.0 Å². The van der Waals surface area contributed by atoms with Crippen LogP contribution in [0.3, 0.4) is 0 Å². The molecule has 0 saturated carbocycles. The molecule has 2 aliphatic rings. The molecule has 0 radical (unpaired) electrons. The van der Waals surface area contributed by atoms with E-state index in [4.69, 9.17) is 0 Å². The van der Waals surface area contributed by atoms with Gasteiger partial charge in [-0.2, -0.15) is 0 Å². The van der Waals surface area contributed by atoms with E-state index in [0.29, 0.717) is 49.2 Å². The molecular formula is C40H42F2N10O7. The molecule has 1 saturated heterocycles. The molecule has 4 aromatic rings. The molecule has 1 atom stereocenters. The van der Waals surface area contributed by atoms with E-state index in [9.17, 15) is 42.3 Å². The van der Waals surface area contributed by atoms with Crippen LogP contribution < -0.4 is 26.6 Å². The summed E-state index contributed by atoms with van der Waals surface area (Å²) >= 11 is 0. The summed E-state index contributed by atoms with van der Waals surface area (Å²) in [7, 11) is 0. The standard InChI is InChI=1S/C40H42F2N10O7/c1-22(2)51-21-45-50-36(51)28-11-8-12-31(46-28)48-37(56)24-19-29(26(42)20-25(24)41)47-33(54)16-15-32(53)44-18-6-4-3-5-17-43-27-10-7-9-23-35(27)40(59)52(39(23)58)30-13-14-34(55)49-38(30)57/h7-12,19-22,30,43H,3-6,13-18H2,1-2H3,(H,44,53)(H,47,54)(H,46,48,56)(H,49,55,57). The number of rotatable bonds is 17. The zero-order chi connectivity index (χ0) is 42.2. The third kappa shape index (κ3) is 9.79. The molecule has 17 nitrogen and oxygen atoms in total. The summed E-state index contributed by atoms with van der Waals surface area (Å²) in [5.74, 6) is -6.05. The minimum absolute atomic E-state index is 0.0327. The van der Waals surface area contributed by atoms with Crippen LogP contribution in [0, 0.1) is 11.6 Å². The van der Waals surface area contributed by atoms with Crippen LogP contribution in [-0.4, -0.2) is 85.1 Å². The smallest absolute Gasteiger partial charge is 0.264 e. The fourth-order valence-electron chi connectivity index (χ4n) is 6.68. The molecule has 308 valence electrons. The zero-order valence-corrected chi connectivity index (χ0v) is 32.3. The fourth-order valence-corrected chi connectivity index (χ4v) is 6.68. The highest BCUT2D eigenvalue weighted by molar-refractivity contribution is 6.25. The van der Waals surface area contributed by atoms with Gasteiger partial charge in [0, 0.05) is 50.1 Å².